The zero-order valence-corrected chi connectivity index (χ0v) is 12.9. The summed E-state index contributed by atoms with van der Waals surface area (Å²) < 4.78 is 0. The van der Waals surface area contributed by atoms with Crippen LogP contribution in [0.3, 0.4) is 0 Å². The van der Waals surface area contributed by atoms with Crippen molar-refractivity contribution in [3.05, 3.63) is 35.4 Å². The van der Waals surface area contributed by atoms with Crippen LogP contribution in [-0.4, -0.2) is 35.0 Å². The lowest BCUT2D eigenvalue weighted by Gasteiger charge is -2.22. The van der Waals surface area contributed by atoms with E-state index in [9.17, 15) is 14.7 Å². The van der Waals surface area contributed by atoms with E-state index in [2.05, 4.69) is 6.07 Å². The molecule has 0 aromatic heterocycles. The maximum Gasteiger partial charge on any atom is 0.311 e. The number of carbonyl (C=O) groups excluding carboxylic acids is 1. The van der Waals surface area contributed by atoms with Gasteiger partial charge in [-0.3, -0.25) is 9.59 Å². The van der Waals surface area contributed by atoms with Crippen LogP contribution in [0.4, 0.5) is 0 Å². The van der Waals surface area contributed by atoms with E-state index in [4.69, 9.17) is 0 Å². The van der Waals surface area contributed by atoms with Crippen LogP contribution in [0.1, 0.15) is 43.7 Å². The van der Waals surface area contributed by atoms with Gasteiger partial charge < -0.3 is 10.0 Å². The maximum absolute atomic E-state index is 12.4. The SMILES string of the molecule is Cc1ccccc1[C@@H](C)CC(=O)N1CC[C@](C)(C(=O)O)C1. The summed E-state index contributed by atoms with van der Waals surface area (Å²) in [4.78, 5) is 25.3. The first-order valence-corrected chi connectivity index (χ1v) is 7.40. The Morgan fingerprint density at radius 1 is 1.38 bits per heavy atom. The number of hydrogen-bond acceptors (Lipinski definition) is 2. The van der Waals surface area contributed by atoms with Gasteiger partial charge in [0.05, 0.1) is 5.41 Å². The molecule has 1 fully saturated rings. The number of amides is 1. The molecule has 1 heterocycles. The Morgan fingerprint density at radius 3 is 2.62 bits per heavy atom. The number of carbonyl (C=O) groups is 2. The molecule has 0 saturated carbocycles. The Labute approximate surface area is 125 Å². The van der Waals surface area contributed by atoms with Gasteiger partial charge in [-0.05, 0) is 37.3 Å². The minimum absolute atomic E-state index is 0.0516. The molecule has 2 rings (SSSR count). The van der Waals surface area contributed by atoms with Crippen LogP contribution in [0.5, 0.6) is 0 Å². The van der Waals surface area contributed by atoms with E-state index in [1.807, 2.05) is 32.0 Å². The first kappa shape index (κ1) is 15.5. The molecule has 1 aromatic carbocycles. The van der Waals surface area contributed by atoms with Crippen molar-refractivity contribution >= 4 is 11.9 Å². The van der Waals surface area contributed by atoms with Crippen LogP contribution in [0, 0.1) is 12.3 Å². The minimum Gasteiger partial charge on any atom is -0.481 e. The highest BCUT2D eigenvalue weighted by atomic mass is 16.4. The summed E-state index contributed by atoms with van der Waals surface area (Å²) in [7, 11) is 0. The van der Waals surface area contributed by atoms with Crippen molar-refractivity contribution < 1.29 is 14.7 Å². The molecule has 1 aliphatic rings. The lowest BCUT2D eigenvalue weighted by atomic mass is 9.90. The van der Waals surface area contributed by atoms with Crippen molar-refractivity contribution in [2.24, 2.45) is 5.41 Å². The first-order chi connectivity index (χ1) is 9.83. The maximum atomic E-state index is 12.4. The third-order valence-corrected chi connectivity index (χ3v) is 4.54. The van der Waals surface area contributed by atoms with Crippen LogP contribution in [0.2, 0.25) is 0 Å². The van der Waals surface area contributed by atoms with E-state index in [0.29, 0.717) is 25.9 Å². The molecule has 114 valence electrons. The Kier molecular flexibility index (Phi) is 4.35. The quantitative estimate of drug-likeness (QED) is 0.927. The number of hydrogen-bond donors (Lipinski definition) is 1. The first-order valence-electron chi connectivity index (χ1n) is 7.40. The van der Waals surface area contributed by atoms with Crippen LogP contribution < -0.4 is 0 Å². The van der Waals surface area contributed by atoms with E-state index in [0.717, 1.165) is 0 Å². The number of carboxylic acids is 1. The number of benzene rings is 1. The predicted molar refractivity (Wildman–Crippen MR) is 81.2 cm³/mol. The van der Waals surface area contributed by atoms with Crippen LogP contribution >= 0.6 is 0 Å². The Bertz CT molecular complexity index is 555. The zero-order chi connectivity index (χ0) is 15.6. The summed E-state index contributed by atoms with van der Waals surface area (Å²) in [6.07, 6.45) is 0.966. The monoisotopic (exact) mass is 289 g/mol. The van der Waals surface area contributed by atoms with Crippen LogP contribution in [0.25, 0.3) is 0 Å². The predicted octanol–water partition coefficient (Wildman–Crippen LogP) is 2.81. The van der Waals surface area contributed by atoms with Gasteiger partial charge in [0.1, 0.15) is 0 Å². The van der Waals surface area contributed by atoms with Gasteiger partial charge in [0, 0.05) is 19.5 Å². The smallest absolute Gasteiger partial charge is 0.311 e. The molecule has 0 spiro atoms. The van der Waals surface area contributed by atoms with Gasteiger partial charge in [0.2, 0.25) is 5.91 Å². The summed E-state index contributed by atoms with van der Waals surface area (Å²) in [5, 5.41) is 9.23. The largest absolute Gasteiger partial charge is 0.481 e. The standard InChI is InChI=1S/C17H23NO3/c1-12-6-4-5-7-14(12)13(2)10-15(19)18-9-8-17(3,11-18)16(20)21/h4-7,13H,8-11H2,1-3H3,(H,20,21)/t13-,17-/m0/s1. The van der Waals surface area contributed by atoms with Crippen molar-refractivity contribution in [2.75, 3.05) is 13.1 Å². The number of aliphatic carboxylic acids is 1. The van der Waals surface area contributed by atoms with E-state index >= 15 is 0 Å². The molecule has 0 radical (unpaired) electrons. The number of likely N-dealkylation sites (tertiary alicyclic amines) is 1. The highest BCUT2D eigenvalue weighted by Gasteiger charge is 2.42. The number of carboxylic acid groups (broad SMARTS) is 1. The topological polar surface area (TPSA) is 57.6 Å². The van der Waals surface area contributed by atoms with Crippen LogP contribution in [0.15, 0.2) is 24.3 Å². The van der Waals surface area contributed by atoms with Crippen LogP contribution in [-0.2, 0) is 9.59 Å². The fourth-order valence-corrected chi connectivity index (χ4v) is 2.99. The van der Waals surface area contributed by atoms with Crippen molar-refractivity contribution in [1.29, 1.82) is 0 Å². The molecule has 0 bridgehead atoms. The number of rotatable bonds is 4. The Morgan fingerprint density at radius 2 is 2.05 bits per heavy atom. The van der Waals surface area contributed by atoms with Crippen molar-refractivity contribution in [1.82, 2.24) is 4.90 Å². The molecular formula is C17H23NO3. The second-order valence-corrected chi connectivity index (χ2v) is 6.39. The van der Waals surface area contributed by atoms with E-state index in [1.54, 1.807) is 11.8 Å². The molecule has 1 saturated heterocycles. The molecule has 21 heavy (non-hydrogen) atoms. The average Bonchev–Trinajstić information content (AvgIpc) is 2.83. The van der Waals surface area contributed by atoms with Crippen molar-refractivity contribution in [2.45, 2.75) is 39.5 Å². The van der Waals surface area contributed by atoms with Gasteiger partial charge in [-0.1, -0.05) is 31.2 Å². The molecule has 1 aliphatic heterocycles. The molecule has 4 nitrogen and oxygen atoms in total. The van der Waals surface area contributed by atoms with E-state index in [1.165, 1.54) is 11.1 Å². The van der Waals surface area contributed by atoms with Gasteiger partial charge in [0.25, 0.3) is 0 Å². The molecule has 0 aliphatic carbocycles. The summed E-state index contributed by atoms with van der Waals surface area (Å²) in [6.45, 7) is 6.68. The lowest BCUT2D eigenvalue weighted by molar-refractivity contribution is -0.147. The van der Waals surface area contributed by atoms with Gasteiger partial charge in [0.15, 0.2) is 0 Å². The second kappa shape index (κ2) is 5.88. The number of nitrogens with zero attached hydrogens (tertiary/aromatic N) is 1. The Hall–Kier alpha value is -1.84. The van der Waals surface area contributed by atoms with Crippen molar-refractivity contribution in [3.8, 4) is 0 Å². The highest BCUT2D eigenvalue weighted by Crippen LogP contribution is 2.32. The highest BCUT2D eigenvalue weighted by molar-refractivity contribution is 5.81. The molecule has 1 amide bonds. The fraction of sp³-hybridized carbons (Fsp3) is 0.529. The summed E-state index contributed by atoms with van der Waals surface area (Å²) in [5.74, 6) is -0.615. The van der Waals surface area contributed by atoms with Gasteiger partial charge in [-0.15, -0.1) is 0 Å². The molecule has 1 aromatic rings. The average molecular weight is 289 g/mol. The third kappa shape index (κ3) is 3.26. The van der Waals surface area contributed by atoms with E-state index < -0.39 is 11.4 Å². The van der Waals surface area contributed by atoms with E-state index in [-0.39, 0.29) is 11.8 Å². The Balaban J connectivity index is 2.00. The lowest BCUT2D eigenvalue weighted by Crippen LogP contribution is -2.35. The summed E-state index contributed by atoms with van der Waals surface area (Å²) >= 11 is 0. The second-order valence-electron chi connectivity index (χ2n) is 6.39. The molecule has 4 heteroatoms. The normalized spacial score (nSPS) is 23.1. The molecule has 2 atom stereocenters. The van der Waals surface area contributed by atoms with Gasteiger partial charge >= 0.3 is 5.97 Å². The number of aryl methyl sites for hydroxylation is 1. The summed E-state index contributed by atoms with van der Waals surface area (Å²) in [6, 6.07) is 8.08. The van der Waals surface area contributed by atoms with Crippen molar-refractivity contribution in [3.63, 3.8) is 0 Å². The molecule has 1 N–H and O–H groups in total. The zero-order valence-electron chi connectivity index (χ0n) is 12.9. The minimum atomic E-state index is -0.815. The molecule has 0 unspecified atom stereocenters. The third-order valence-electron chi connectivity index (χ3n) is 4.54. The summed E-state index contributed by atoms with van der Waals surface area (Å²) in [5.41, 5.74) is 1.59. The fourth-order valence-electron chi connectivity index (χ4n) is 2.99. The van der Waals surface area contributed by atoms with Gasteiger partial charge in [-0.2, -0.15) is 0 Å². The van der Waals surface area contributed by atoms with Gasteiger partial charge in [-0.25, -0.2) is 0 Å². The molecular weight excluding hydrogens is 266 g/mol.